The highest BCUT2D eigenvalue weighted by atomic mass is 15.0. The first kappa shape index (κ1) is 10.2. The largest absolute Gasteiger partial charge is 0.344 e. The summed E-state index contributed by atoms with van der Waals surface area (Å²) in [6.45, 7) is 1.66. The van der Waals surface area contributed by atoms with Crippen LogP contribution in [0.25, 0.3) is 0 Å². The number of benzene rings is 1. The van der Waals surface area contributed by atoms with Crippen molar-refractivity contribution in [2.45, 2.75) is 19.3 Å². The van der Waals surface area contributed by atoms with E-state index in [0.29, 0.717) is 6.54 Å². The van der Waals surface area contributed by atoms with Crippen LogP contribution >= 0.6 is 0 Å². The van der Waals surface area contributed by atoms with Crippen molar-refractivity contribution in [1.29, 1.82) is 0 Å². The third kappa shape index (κ3) is 2.80. The fraction of sp³-hybridized carbons (Fsp3) is 0.417. The molecule has 0 saturated heterocycles. The predicted octanol–water partition coefficient (Wildman–Crippen LogP) is 1.79. The van der Waals surface area contributed by atoms with Crippen LogP contribution in [0.5, 0.6) is 0 Å². The van der Waals surface area contributed by atoms with Gasteiger partial charge in [-0.15, -0.1) is 0 Å². The second-order valence-corrected chi connectivity index (χ2v) is 3.80. The van der Waals surface area contributed by atoms with Crippen LogP contribution < -0.4 is 11.1 Å². The summed E-state index contributed by atoms with van der Waals surface area (Å²) in [5, 5.41) is 3.35. The minimum absolute atomic E-state index is 0.699. The standard InChI is InChI=1S/C12H17N3/c13-7-6-10-3-1-4-11(9-10)15-12-5-2-8-14-12/h1,3-4,9H,2,5-8,13H2,(H,14,15). The molecule has 0 saturated carbocycles. The van der Waals surface area contributed by atoms with Crippen molar-refractivity contribution < 1.29 is 0 Å². The molecule has 1 aliphatic rings. The molecule has 0 aromatic heterocycles. The molecule has 0 aliphatic carbocycles. The summed E-state index contributed by atoms with van der Waals surface area (Å²) in [4.78, 5) is 4.39. The lowest BCUT2D eigenvalue weighted by atomic mass is 10.1. The summed E-state index contributed by atoms with van der Waals surface area (Å²) in [6, 6.07) is 8.38. The second kappa shape index (κ2) is 4.94. The van der Waals surface area contributed by atoms with Crippen molar-refractivity contribution in [3.8, 4) is 0 Å². The van der Waals surface area contributed by atoms with Gasteiger partial charge in [0.25, 0.3) is 0 Å². The molecule has 0 spiro atoms. The number of anilines is 1. The first-order valence-corrected chi connectivity index (χ1v) is 5.48. The van der Waals surface area contributed by atoms with E-state index in [1.807, 2.05) is 0 Å². The third-order valence-corrected chi connectivity index (χ3v) is 2.52. The molecule has 0 bridgehead atoms. The molecule has 2 rings (SSSR count). The maximum absolute atomic E-state index is 5.53. The summed E-state index contributed by atoms with van der Waals surface area (Å²) in [5.74, 6) is 1.11. The fourth-order valence-corrected chi connectivity index (χ4v) is 1.78. The number of aliphatic imine (C=N–C) groups is 1. The Labute approximate surface area is 90.4 Å². The number of hydrogen-bond acceptors (Lipinski definition) is 3. The van der Waals surface area contributed by atoms with Gasteiger partial charge in [-0.1, -0.05) is 12.1 Å². The van der Waals surface area contributed by atoms with Gasteiger partial charge >= 0.3 is 0 Å². The highest BCUT2D eigenvalue weighted by Crippen LogP contribution is 2.13. The van der Waals surface area contributed by atoms with E-state index in [4.69, 9.17) is 5.73 Å². The maximum Gasteiger partial charge on any atom is 0.101 e. The molecule has 80 valence electrons. The first-order chi connectivity index (χ1) is 7.38. The Morgan fingerprint density at radius 1 is 1.40 bits per heavy atom. The van der Waals surface area contributed by atoms with Crippen LogP contribution in [0.4, 0.5) is 5.69 Å². The highest BCUT2D eigenvalue weighted by molar-refractivity contribution is 5.96. The molecule has 15 heavy (non-hydrogen) atoms. The Hall–Kier alpha value is -1.35. The molecule has 1 aliphatic heterocycles. The summed E-state index contributed by atoms with van der Waals surface area (Å²) in [6.07, 6.45) is 3.17. The van der Waals surface area contributed by atoms with Gasteiger partial charge in [0.05, 0.1) is 0 Å². The Morgan fingerprint density at radius 3 is 3.07 bits per heavy atom. The van der Waals surface area contributed by atoms with E-state index in [1.54, 1.807) is 0 Å². The molecule has 1 aromatic rings. The van der Waals surface area contributed by atoms with E-state index in [1.165, 1.54) is 12.0 Å². The van der Waals surface area contributed by atoms with Crippen molar-refractivity contribution in [2.75, 3.05) is 18.4 Å². The van der Waals surface area contributed by atoms with Crippen LogP contribution in [0.1, 0.15) is 18.4 Å². The van der Waals surface area contributed by atoms with Crippen LogP contribution in [-0.2, 0) is 6.42 Å². The first-order valence-electron chi connectivity index (χ1n) is 5.48. The monoisotopic (exact) mass is 203 g/mol. The zero-order valence-corrected chi connectivity index (χ0v) is 8.87. The Morgan fingerprint density at radius 2 is 2.33 bits per heavy atom. The van der Waals surface area contributed by atoms with Gasteiger partial charge < -0.3 is 11.1 Å². The molecule has 3 nitrogen and oxygen atoms in total. The van der Waals surface area contributed by atoms with Crippen LogP contribution in [0, 0.1) is 0 Å². The van der Waals surface area contributed by atoms with Crippen molar-refractivity contribution in [3.05, 3.63) is 29.8 Å². The van der Waals surface area contributed by atoms with Crippen LogP contribution in [-0.4, -0.2) is 18.9 Å². The molecular weight excluding hydrogens is 186 g/mol. The van der Waals surface area contributed by atoms with Crippen molar-refractivity contribution in [1.82, 2.24) is 0 Å². The molecule has 0 radical (unpaired) electrons. The summed E-state index contributed by atoms with van der Waals surface area (Å²) in [7, 11) is 0. The van der Waals surface area contributed by atoms with E-state index < -0.39 is 0 Å². The zero-order chi connectivity index (χ0) is 10.5. The van der Waals surface area contributed by atoms with Gasteiger partial charge in [0, 0.05) is 18.7 Å². The van der Waals surface area contributed by atoms with Gasteiger partial charge in [0.2, 0.25) is 0 Å². The molecule has 3 N–H and O–H groups in total. The summed E-state index contributed by atoms with van der Waals surface area (Å²) < 4.78 is 0. The fourth-order valence-electron chi connectivity index (χ4n) is 1.78. The molecule has 1 aromatic carbocycles. The van der Waals surface area contributed by atoms with Gasteiger partial charge in [-0.3, -0.25) is 4.99 Å². The number of rotatable bonds is 3. The second-order valence-electron chi connectivity index (χ2n) is 3.80. The van der Waals surface area contributed by atoms with Crippen molar-refractivity contribution in [3.63, 3.8) is 0 Å². The summed E-state index contributed by atoms with van der Waals surface area (Å²) >= 11 is 0. The van der Waals surface area contributed by atoms with Gasteiger partial charge in [0.1, 0.15) is 5.84 Å². The minimum Gasteiger partial charge on any atom is -0.344 e. The van der Waals surface area contributed by atoms with Gasteiger partial charge in [0.15, 0.2) is 0 Å². The Balaban J connectivity index is 2.04. The van der Waals surface area contributed by atoms with Crippen molar-refractivity contribution in [2.24, 2.45) is 10.7 Å². The molecule has 1 heterocycles. The SMILES string of the molecule is NCCc1cccc(NC2=NCCC2)c1. The molecular formula is C12H17N3. The highest BCUT2D eigenvalue weighted by Gasteiger charge is 2.05. The summed E-state index contributed by atoms with van der Waals surface area (Å²) in [5.41, 5.74) is 7.94. The van der Waals surface area contributed by atoms with Gasteiger partial charge in [-0.05, 0) is 37.1 Å². The van der Waals surface area contributed by atoms with Crippen LogP contribution in [0.2, 0.25) is 0 Å². The Kier molecular flexibility index (Phi) is 3.35. The third-order valence-electron chi connectivity index (χ3n) is 2.52. The topological polar surface area (TPSA) is 50.4 Å². The molecule has 0 unspecified atom stereocenters. The lowest BCUT2D eigenvalue weighted by Gasteiger charge is -2.07. The van der Waals surface area contributed by atoms with Gasteiger partial charge in [-0.25, -0.2) is 0 Å². The molecule has 0 amide bonds. The normalized spacial score (nSPS) is 15.1. The maximum atomic E-state index is 5.53. The van der Waals surface area contributed by atoms with E-state index >= 15 is 0 Å². The molecule has 0 fully saturated rings. The number of nitrogens with two attached hydrogens (primary N) is 1. The molecule has 0 atom stereocenters. The minimum atomic E-state index is 0.699. The Bertz CT molecular complexity index is 358. The molecule has 3 heteroatoms. The number of amidine groups is 1. The number of nitrogens with one attached hydrogen (secondary N) is 1. The van der Waals surface area contributed by atoms with Gasteiger partial charge in [-0.2, -0.15) is 0 Å². The van der Waals surface area contributed by atoms with Crippen LogP contribution in [0.15, 0.2) is 29.3 Å². The van der Waals surface area contributed by atoms with E-state index in [9.17, 15) is 0 Å². The smallest absolute Gasteiger partial charge is 0.101 e. The average Bonchev–Trinajstić information content (AvgIpc) is 2.71. The van der Waals surface area contributed by atoms with E-state index in [0.717, 1.165) is 30.9 Å². The lowest BCUT2D eigenvalue weighted by molar-refractivity contribution is 0.951. The van der Waals surface area contributed by atoms with E-state index in [-0.39, 0.29) is 0 Å². The average molecular weight is 203 g/mol. The predicted molar refractivity (Wildman–Crippen MR) is 64.4 cm³/mol. The number of nitrogens with zero attached hydrogens (tertiary/aromatic N) is 1. The van der Waals surface area contributed by atoms with E-state index in [2.05, 4.69) is 34.6 Å². The number of hydrogen-bond donors (Lipinski definition) is 2. The van der Waals surface area contributed by atoms with Crippen LogP contribution in [0.3, 0.4) is 0 Å². The lowest BCUT2D eigenvalue weighted by Crippen LogP contribution is -2.09. The zero-order valence-electron chi connectivity index (χ0n) is 8.87. The quantitative estimate of drug-likeness (QED) is 0.787. The van der Waals surface area contributed by atoms with Crippen molar-refractivity contribution >= 4 is 11.5 Å².